The van der Waals surface area contributed by atoms with E-state index in [0.717, 1.165) is 60.3 Å². The van der Waals surface area contributed by atoms with Crippen molar-refractivity contribution in [3.8, 4) is 11.3 Å². The van der Waals surface area contributed by atoms with Gasteiger partial charge in [-0.15, -0.1) is 0 Å². The Labute approximate surface area is 184 Å². The monoisotopic (exact) mass is 444 g/mol. The molecule has 8 heteroatoms. The van der Waals surface area contributed by atoms with Gasteiger partial charge in [0.25, 0.3) is 0 Å². The molecule has 1 aromatic carbocycles. The van der Waals surface area contributed by atoms with E-state index in [1.54, 1.807) is 16.9 Å². The first-order valence-corrected chi connectivity index (χ1v) is 10.7. The van der Waals surface area contributed by atoms with Gasteiger partial charge in [-0.3, -0.25) is 9.67 Å². The van der Waals surface area contributed by atoms with E-state index in [0.29, 0.717) is 28.7 Å². The summed E-state index contributed by atoms with van der Waals surface area (Å²) in [6, 6.07) is 7.57. The second-order valence-electron chi connectivity index (χ2n) is 7.34. The molecule has 0 fully saturated rings. The van der Waals surface area contributed by atoms with Crippen LogP contribution in [0.25, 0.3) is 11.3 Å². The molecule has 0 saturated carbocycles. The fraction of sp³-hybridized carbons (Fsp3) is 0.318. The van der Waals surface area contributed by atoms with E-state index in [4.69, 9.17) is 23.2 Å². The van der Waals surface area contributed by atoms with Crippen molar-refractivity contribution in [2.45, 2.75) is 32.2 Å². The summed E-state index contributed by atoms with van der Waals surface area (Å²) in [5.41, 5.74) is 5.15. The molecule has 0 atom stereocenters. The van der Waals surface area contributed by atoms with E-state index in [9.17, 15) is 9.90 Å². The number of halogens is 2. The molecule has 0 radical (unpaired) electrons. The third-order valence-electron chi connectivity index (χ3n) is 5.35. The topological polar surface area (TPSA) is 80.0 Å². The molecular weight excluding hydrogens is 423 g/mol. The summed E-state index contributed by atoms with van der Waals surface area (Å²) < 4.78 is 1.64. The number of benzene rings is 1. The van der Waals surface area contributed by atoms with Crippen molar-refractivity contribution >= 4 is 29.2 Å². The average Bonchev–Trinajstić information content (AvgIpc) is 3.12. The number of hydrogen-bond acceptors (Lipinski definition) is 4. The first kappa shape index (κ1) is 20.8. The highest BCUT2D eigenvalue weighted by atomic mass is 35.5. The number of aromatic carboxylic acids is 1. The highest BCUT2D eigenvalue weighted by Gasteiger charge is 2.27. The highest BCUT2D eigenvalue weighted by Crippen LogP contribution is 2.34. The van der Waals surface area contributed by atoms with E-state index in [1.165, 1.54) is 0 Å². The molecule has 156 valence electrons. The van der Waals surface area contributed by atoms with Crippen LogP contribution in [0.2, 0.25) is 10.0 Å². The van der Waals surface area contributed by atoms with Crippen molar-refractivity contribution in [3.05, 3.63) is 69.1 Å². The van der Waals surface area contributed by atoms with E-state index < -0.39 is 5.97 Å². The van der Waals surface area contributed by atoms with Crippen LogP contribution in [0, 0.1) is 0 Å². The largest absolute Gasteiger partial charge is 0.477 e. The Morgan fingerprint density at radius 2 is 2.03 bits per heavy atom. The molecule has 0 saturated heterocycles. The van der Waals surface area contributed by atoms with Crippen LogP contribution in [0.15, 0.2) is 36.7 Å². The van der Waals surface area contributed by atoms with Gasteiger partial charge in [0, 0.05) is 30.1 Å². The second-order valence-corrected chi connectivity index (χ2v) is 8.15. The molecule has 0 spiro atoms. The second kappa shape index (κ2) is 9.16. The van der Waals surface area contributed by atoms with Gasteiger partial charge >= 0.3 is 5.97 Å². The Morgan fingerprint density at radius 3 is 2.83 bits per heavy atom. The number of fused-ring (bicyclic) bond motifs is 3. The number of carboxylic acids is 1. The number of aromatic nitrogens is 3. The van der Waals surface area contributed by atoms with Gasteiger partial charge in [0.2, 0.25) is 0 Å². The number of carboxylic acid groups (broad SMARTS) is 1. The first-order chi connectivity index (χ1) is 14.5. The van der Waals surface area contributed by atoms with Gasteiger partial charge in [-0.05, 0) is 68.1 Å². The minimum Gasteiger partial charge on any atom is -0.477 e. The van der Waals surface area contributed by atoms with Crippen LogP contribution in [-0.4, -0.2) is 38.9 Å². The molecule has 0 bridgehead atoms. The van der Waals surface area contributed by atoms with Crippen molar-refractivity contribution in [1.82, 2.24) is 20.1 Å². The van der Waals surface area contributed by atoms with Gasteiger partial charge in [0.1, 0.15) is 5.69 Å². The molecule has 0 amide bonds. The Morgan fingerprint density at radius 1 is 1.17 bits per heavy atom. The van der Waals surface area contributed by atoms with Gasteiger partial charge in [0.05, 0.1) is 15.7 Å². The lowest BCUT2D eigenvalue weighted by Gasteiger charge is -2.14. The molecule has 6 nitrogen and oxygen atoms in total. The summed E-state index contributed by atoms with van der Waals surface area (Å²) in [5.74, 6) is -0.922. The minimum atomic E-state index is -0.922. The SMILES string of the molecule is O=C(O)c1c2c(nn1CCCNCCc1ccc(Cl)c(Cl)c1)-c1ccncc1CC2. The fourth-order valence-corrected chi connectivity index (χ4v) is 4.20. The lowest BCUT2D eigenvalue weighted by Crippen LogP contribution is -2.21. The molecule has 2 aromatic heterocycles. The number of nitrogens with one attached hydrogen (secondary N) is 1. The van der Waals surface area contributed by atoms with Crippen molar-refractivity contribution in [2.24, 2.45) is 0 Å². The van der Waals surface area contributed by atoms with Gasteiger partial charge in [-0.25, -0.2) is 4.79 Å². The predicted molar refractivity (Wildman–Crippen MR) is 117 cm³/mol. The molecule has 2 N–H and O–H groups in total. The smallest absolute Gasteiger partial charge is 0.354 e. The average molecular weight is 445 g/mol. The normalized spacial score (nSPS) is 12.5. The van der Waals surface area contributed by atoms with Crippen LogP contribution in [0.3, 0.4) is 0 Å². The van der Waals surface area contributed by atoms with E-state index in [1.807, 2.05) is 24.4 Å². The number of aryl methyl sites for hydroxylation is 2. The maximum absolute atomic E-state index is 11.9. The Bertz CT molecular complexity index is 1080. The van der Waals surface area contributed by atoms with Crippen molar-refractivity contribution in [1.29, 1.82) is 0 Å². The molecular formula is C22H22Cl2N4O2. The van der Waals surface area contributed by atoms with Crippen LogP contribution in [0.4, 0.5) is 0 Å². The lowest BCUT2D eigenvalue weighted by molar-refractivity contribution is 0.0681. The lowest BCUT2D eigenvalue weighted by atomic mass is 9.90. The molecule has 3 aromatic rings. The summed E-state index contributed by atoms with van der Waals surface area (Å²) in [5, 5.41) is 18.9. The van der Waals surface area contributed by atoms with E-state index >= 15 is 0 Å². The molecule has 1 aliphatic carbocycles. The zero-order valence-corrected chi connectivity index (χ0v) is 17.9. The van der Waals surface area contributed by atoms with Gasteiger partial charge in [0.15, 0.2) is 0 Å². The summed E-state index contributed by atoms with van der Waals surface area (Å²) >= 11 is 12.0. The summed E-state index contributed by atoms with van der Waals surface area (Å²) in [4.78, 5) is 16.1. The Kier molecular flexibility index (Phi) is 6.37. The number of hydrogen-bond donors (Lipinski definition) is 2. The van der Waals surface area contributed by atoms with E-state index in [2.05, 4.69) is 15.4 Å². The Hall–Kier alpha value is -2.41. The maximum Gasteiger partial charge on any atom is 0.354 e. The molecule has 0 unspecified atom stereocenters. The first-order valence-electron chi connectivity index (χ1n) is 9.95. The number of carbonyl (C=O) groups is 1. The molecule has 2 heterocycles. The summed E-state index contributed by atoms with van der Waals surface area (Å²) in [7, 11) is 0. The molecule has 4 rings (SSSR count). The number of nitrogens with zero attached hydrogens (tertiary/aromatic N) is 3. The summed E-state index contributed by atoms with van der Waals surface area (Å²) in [6.45, 7) is 2.12. The van der Waals surface area contributed by atoms with Crippen molar-refractivity contribution < 1.29 is 9.90 Å². The van der Waals surface area contributed by atoms with Crippen LogP contribution in [-0.2, 0) is 25.8 Å². The van der Waals surface area contributed by atoms with Crippen LogP contribution >= 0.6 is 23.2 Å². The van der Waals surface area contributed by atoms with Crippen LogP contribution in [0.1, 0.15) is 33.6 Å². The maximum atomic E-state index is 11.9. The van der Waals surface area contributed by atoms with Crippen LogP contribution in [0.5, 0.6) is 0 Å². The minimum absolute atomic E-state index is 0.309. The van der Waals surface area contributed by atoms with Gasteiger partial charge in [-0.1, -0.05) is 29.3 Å². The highest BCUT2D eigenvalue weighted by molar-refractivity contribution is 6.42. The van der Waals surface area contributed by atoms with Gasteiger partial charge < -0.3 is 10.4 Å². The molecule has 0 aliphatic heterocycles. The summed E-state index contributed by atoms with van der Waals surface area (Å²) in [6.07, 6.45) is 6.67. The standard InChI is InChI=1S/C22H22Cl2N4O2/c23-18-5-2-14(12-19(18)24)6-9-25-8-1-11-28-21(22(29)30)17-4-3-15-13-26-10-7-16(15)20(17)27-28/h2,5,7,10,12-13,25H,1,3-4,6,8-9,11H2,(H,29,30). The number of rotatable bonds is 8. The zero-order valence-electron chi connectivity index (χ0n) is 16.4. The Balaban J connectivity index is 1.35. The number of pyridine rings is 1. The third-order valence-corrected chi connectivity index (χ3v) is 6.09. The predicted octanol–water partition coefficient (Wildman–Crippen LogP) is 4.27. The quantitative estimate of drug-likeness (QED) is 0.507. The van der Waals surface area contributed by atoms with Crippen molar-refractivity contribution in [3.63, 3.8) is 0 Å². The van der Waals surface area contributed by atoms with Crippen molar-refractivity contribution in [2.75, 3.05) is 13.1 Å². The van der Waals surface area contributed by atoms with Crippen LogP contribution < -0.4 is 5.32 Å². The fourth-order valence-electron chi connectivity index (χ4n) is 3.88. The molecule has 30 heavy (non-hydrogen) atoms. The van der Waals surface area contributed by atoms with E-state index in [-0.39, 0.29) is 0 Å². The zero-order chi connectivity index (χ0) is 21.1. The third kappa shape index (κ3) is 4.36. The molecule has 1 aliphatic rings. The van der Waals surface area contributed by atoms with Gasteiger partial charge in [-0.2, -0.15) is 5.10 Å².